The molecule has 0 spiro atoms. The zero-order chi connectivity index (χ0) is 20.0. The molecule has 3 rings (SSSR count). The minimum Gasteiger partial charge on any atom is -0.300 e. The number of rotatable bonds is 8. The Labute approximate surface area is 175 Å². The van der Waals surface area contributed by atoms with Gasteiger partial charge in [0.15, 0.2) is 0 Å². The van der Waals surface area contributed by atoms with Crippen molar-refractivity contribution in [2.75, 3.05) is 11.9 Å². The third-order valence-corrected chi connectivity index (χ3v) is 6.52. The lowest BCUT2D eigenvalue weighted by molar-refractivity contribution is -0.116. The van der Waals surface area contributed by atoms with Crippen LogP contribution in [0.3, 0.4) is 0 Å². The molecule has 0 aliphatic rings. The van der Waals surface area contributed by atoms with Gasteiger partial charge in [0, 0.05) is 23.9 Å². The van der Waals surface area contributed by atoms with Crippen LogP contribution in [0.4, 0.5) is 5.13 Å². The fourth-order valence-corrected chi connectivity index (χ4v) is 4.41. The second kappa shape index (κ2) is 9.37. The Morgan fingerprint density at radius 3 is 2.46 bits per heavy atom. The van der Waals surface area contributed by atoms with Crippen LogP contribution >= 0.6 is 27.3 Å². The van der Waals surface area contributed by atoms with Crippen molar-refractivity contribution in [1.29, 1.82) is 0 Å². The summed E-state index contributed by atoms with van der Waals surface area (Å²) in [4.78, 5) is 12.2. The molecule has 146 valence electrons. The smallest absolute Gasteiger partial charge is 0.240 e. The van der Waals surface area contributed by atoms with Crippen molar-refractivity contribution in [2.24, 2.45) is 0 Å². The predicted octanol–water partition coefficient (Wildman–Crippen LogP) is 3.20. The minimum absolute atomic E-state index is 0.0106. The largest absolute Gasteiger partial charge is 0.300 e. The normalized spacial score (nSPS) is 11.3. The number of halogens is 1. The highest BCUT2D eigenvalue weighted by atomic mass is 79.9. The van der Waals surface area contributed by atoms with Crippen molar-refractivity contribution in [2.45, 2.75) is 17.7 Å². The lowest BCUT2D eigenvalue weighted by Crippen LogP contribution is -2.27. The number of nitrogens with one attached hydrogen (secondary N) is 2. The quantitative estimate of drug-likeness (QED) is 0.515. The summed E-state index contributed by atoms with van der Waals surface area (Å²) in [6.45, 7) is -0.0140. The zero-order valence-electron chi connectivity index (χ0n) is 14.6. The molecule has 0 saturated carbocycles. The van der Waals surface area contributed by atoms with Crippen LogP contribution in [0.2, 0.25) is 0 Å². The van der Waals surface area contributed by atoms with Gasteiger partial charge in [0.05, 0.1) is 4.90 Å². The monoisotopic (exact) mass is 480 g/mol. The molecular formula is C18H17BrN4O3S2. The van der Waals surface area contributed by atoms with Crippen LogP contribution in [0.5, 0.6) is 0 Å². The minimum atomic E-state index is -3.65. The topological polar surface area (TPSA) is 101 Å². The Bertz CT molecular complexity index is 1040. The molecule has 0 fully saturated rings. The van der Waals surface area contributed by atoms with Crippen LogP contribution in [-0.4, -0.2) is 31.1 Å². The molecular weight excluding hydrogens is 464 g/mol. The standard InChI is InChI=1S/C18H17BrN4O3S2/c19-14-6-8-15(9-7-14)28(25,26)20-11-10-16(24)21-18-23-22-17(27-18)12-13-4-2-1-3-5-13/h1-9,20H,10-12H2,(H,21,23,24). The van der Waals surface area contributed by atoms with Gasteiger partial charge in [-0.3, -0.25) is 4.79 Å². The molecule has 7 nitrogen and oxygen atoms in total. The zero-order valence-corrected chi connectivity index (χ0v) is 17.9. The van der Waals surface area contributed by atoms with E-state index in [0.717, 1.165) is 15.0 Å². The maximum atomic E-state index is 12.2. The predicted molar refractivity (Wildman–Crippen MR) is 112 cm³/mol. The molecule has 0 aliphatic carbocycles. The van der Waals surface area contributed by atoms with E-state index in [1.165, 1.54) is 23.5 Å². The molecule has 2 N–H and O–H groups in total. The van der Waals surface area contributed by atoms with Crippen molar-refractivity contribution in [3.63, 3.8) is 0 Å². The number of carbonyl (C=O) groups excluding carboxylic acids is 1. The number of nitrogens with zero attached hydrogens (tertiary/aromatic N) is 2. The first-order valence-corrected chi connectivity index (χ1v) is 11.4. The van der Waals surface area contributed by atoms with E-state index in [1.54, 1.807) is 12.1 Å². The van der Waals surface area contributed by atoms with E-state index < -0.39 is 10.0 Å². The summed E-state index contributed by atoms with van der Waals surface area (Å²) < 4.78 is 27.6. The second-order valence-electron chi connectivity index (χ2n) is 5.81. The van der Waals surface area contributed by atoms with E-state index in [0.29, 0.717) is 11.6 Å². The number of anilines is 1. The summed E-state index contributed by atoms with van der Waals surface area (Å²) in [5, 5.41) is 11.9. The second-order valence-corrected chi connectivity index (χ2v) is 9.56. The Morgan fingerprint density at radius 1 is 1.04 bits per heavy atom. The summed E-state index contributed by atoms with van der Waals surface area (Å²) in [5.74, 6) is -0.332. The lowest BCUT2D eigenvalue weighted by Gasteiger charge is -2.06. The first kappa shape index (κ1) is 20.6. The van der Waals surface area contributed by atoms with Gasteiger partial charge in [-0.2, -0.15) is 0 Å². The highest BCUT2D eigenvalue weighted by molar-refractivity contribution is 9.10. The van der Waals surface area contributed by atoms with E-state index in [1.807, 2.05) is 30.3 Å². The summed E-state index contributed by atoms with van der Waals surface area (Å²) >= 11 is 4.55. The number of hydrogen-bond acceptors (Lipinski definition) is 6. The van der Waals surface area contributed by atoms with Crippen LogP contribution in [-0.2, 0) is 21.2 Å². The van der Waals surface area contributed by atoms with Gasteiger partial charge in [0.1, 0.15) is 5.01 Å². The lowest BCUT2D eigenvalue weighted by atomic mass is 10.2. The molecule has 28 heavy (non-hydrogen) atoms. The fourth-order valence-electron chi connectivity index (χ4n) is 2.32. The Balaban J connectivity index is 1.47. The van der Waals surface area contributed by atoms with Gasteiger partial charge >= 0.3 is 0 Å². The molecule has 2 aromatic carbocycles. The number of hydrogen-bond donors (Lipinski definition) is 2. The van der Waals surface area contributed by atoms with E-state index >= 15 is 0 Å². The first-order chi connectivity index (χ1) is 13.4. The molecule has 10 heteroatoms. The molecule has 1 heterocycles. The third-order valence-electron chi connectivity index (χ3n) is 3.68. The van der Waals surface area contributed by atoms with E-state index in [9.17, 15) is 13.2 Å². The Hall–Kier alpha value is -2.14. The van der Waals surface area contributed by atoms with Crippen LogP contribution in [0.15, 0.2) is 64.0 Å². The Kier molecular flexibility index (Phi) is 6.89. The summed E-state index contributed by atoms with van der Waals surface area (Å²) in [6.07, 6.45) is 0.630. The van der Waals surface area contributed by atoms with Crippen LogP contribution in [0, 0.1) is 0 Å². The molecule has 0 atom stereocenters. The number of amides is 1. The van der Waals surface area contributed by atoms with Gasteiger partial charge in [0.2, 0.25) is 21.1 Å². The Morgan fingerprint density at radius 2 is 1.75 bits per heavy atom. The maximum Gasteiger partial charge on any atom is 0.240 e. The van der Waals surface area contributed by atoms with Gasteiger partial charge in [-0.25, -0.2) is 13.1 Å². The molecule has 0 aliphatic heterocycles. The van der Waals surface area contributed by atoms with Crippen molar-refractivity contribution >= 4 is 48.3 Å². The van der Waals surface area contributed by atoms with Crippen molar-refractivity contribution in [3.8, 4) is 0 Å². The van der Waals surface area contributed by atoms with Gasteiger partial charge < -0.3 is 5.32 Å². The number of sulfonamides is 1. The van der Waals surface area contributed by atoms with Crippen molar-refractivity contribution < 1.29 is 13.2 Å². The van der Waals surface area contributed by atoms with Gasteiger partial charge in [-0.05, 0) is 29.8 Å². The average Bonchev–Trinajstić information content (AvgIpc) is 3.09. The summed E-state index contributed by atoms with van der Waals surface area (Å²) in [6, 6.07) is 16.1. The highest BCUT2D eigenvalue weighted by Gasteiger charge is 2.14. The molecule has 0 bridgehead atoms. The van der Waals surface area contributed by atoms with Crippen molar-refractivity contribution in [1.82, 2.24) is 14.9 Å². The number of carbonyl (C=O) groups is 1. The number of aromatic nitrogens is 2. The van der Waals surface area contributed by atoms with Gasteiger partial charge in [-0.15, -0.1) is 10.2 Å². The fraction of sp³-hybridized carbons (Fsp3) is 0.167. The highest BCUT2D eigenvalue weighted by Crippen LogP contribution is 2.19. The maximum absolute atomic E-state index is 12.2. The molecule has 0 saturated heterocycles. The molecule has 3 aromatic rings. The average molecular weight is 481 g/mol. The third kappa shape index (κ3) is 5.93. The molecule has 1 amide bonds. The van der Waals surface area contributed by atoms with Crippen LogP contribution < -0.4 is 10.0 Å². The molecule has 1 aromatic heterocycles. The summed E-state index contributed by atoms with van der Waals surface area (Å²) in [7, 11) is -3.65. The number of benzene rings is 2. The van der Waals surface area contributed by atoms with Gasteiger partial charge in [-0.1, -0.05) is 57.6 Å². The summed E-state index contributed by atoms with van der Waals surface area (Å²) in [5.41, 5.74) is 1.11. The van der Waals surface area contributed by atoms with Crippen LogP contribution in [0.1, 0.15) is 17.0 Å². The van der Waals surface area contributed by atoms with Crippen LogP contribution in [0.25, 0.3) is 0 Å². The first-order valence-electron chi connectivity index (χ1n) is 8.34. The molecule has 0 radical (unpaired) electrons. The SMILES string of the molecule is O=C(CCNS(=O)(=O)c1ccc(Br)cc1)Nc1nnc(Cc2ccccc2)s1. The van der Waals surface area contributed by atoms with E-state index in [-0.39, 0.29) is 23.8 Å². The van der Waals surface area contributed by atoms with Gasteiger partial charge in [0.25, 0.3) is 0 Å². The van der Waals surface area contributed by atoms with E-state index in [2.05, 4.69) is 36.2 Å². The molecule has 0 unspecified atom stereocenters. The van der Waals surface area contributed by atoms with E-state index in [4.69, 9.17) is 0 Å². The van der Waals surface area contributed by atoms with Crippen molar-refractivity contribution in [3.05, 3.63) is 69.6 Å².